The quantitative estimate of drug-likeness (QED) is 0.752. The van der Waals surface area contributed by atoms with E-state index < -0.39 is 11.4 Å². The maximum Gasteiger partial charge on any atom is 0.314 e. The van der Waals surface area contributed by atoms with Crippen molar-refractivity contribution in [2.24, 2.45) is 5.41 Å². The van der Waals surface area contributed by atoms with Gasteiger partial charge in [0.25, 0.3) is 0 Å². The van der Waals surface area contributed by atoms with E-state index in [1.807, 2.05) is 37.3 Å². The normalized spacial score (nSPS) is 17.4. The van der Waals surface area contributed by atoms with Crippen LogP contribution in [-0.4, -0.2) is 30.2 Å². The van der Waals surface area contributed by atoms with E-state index in [2.05, 4.69) is 10.6 Å². The summed E-state index contributed by atoms with van der Waals surface area (Å²) in [5.41, 5.74) is 0.418. The Morgan fingerprint density at radius 2 is 1.90 bits per heavy atom. The second-order valence-corrected chi connectivity index (χ2v) is 5.81. The molecule has 0 spiro atoms. The van der Waals surface area contributed by atoms with Gasteiger partial charge in [-0.25, -0.2) is 4.79 Å². The van der Waals surface area contributed by atoms with Crippen LogP contribution in [0.25, 0.3) is 0 Å². The highest BCUT2D eigenvalue weighted by atomic mass is 16.4. The summed E-state index contributed by atoms with van der Waals surface area (Å²) in [5, 5.41) is 14.7. The molecule has 0 heterocycles. The highest BCUT2D eigenvalue weighted by Gasteiger charge is 2.44. The van der Waals surface area contributed by atoms with Crippen LogP contribution in [0.3, 0.4) is 0 Å². The molecule has 1 aromatic carbocycles. The Morgan fingerprint density at radius 1 is 1.24 bits per heavy atom. The molecule has 1 fully saturated rings. The van der Waals surface area contributed by atoms with Crippen LogP contribution in [-0.2, 0) is 4.79 Å². The summed E-state index contributed by atoms with van der Waals surface area (Å²) in [7, 11) is 0. The number of aliphatic carboxylic acids is 1. The summed E-state index contributed by atoms with van der Waals surface area (Å²) < 4.78 is 0. The molecule has 5 nitrogen and oxygen atoms in total. The minimum absolute atomic E-state index is 0.202. The van der Waals surface area contributed by atoms with Gasteiger partial charge < -0.3 is 15.7 Å². The van der Waals surface area contributed by atoms with Gasteiger partial charge in [-0.15, -0.1) is 0 Å². The Kier molecular flexibility index (Phi) is 4.83. The summed E-state index contributed by atoms with van der Waals surface area (Å²) in [5.74, 6) is -0.596. The van der Waals surface area contributed by atoms with Crippen LogP contribution in [0.15, 0.2) is 30.3 Å². The average Bonchev–Trinajstić information content (AvgIpc) is 2.44. The van der Waals surface area contributed by atoms with Crippen molar-refractivity contribution in [3.05, 3.63) is 35.9 Å². The van der Waals surface area contributed by atoms with Gasteiger partial charge in [-0.05, 0) is 24.3 Å². The van der Waals surface area contributed by atoms with E-state index in [4.69, 9.17) is 0 Å². The largest absolute Gasteiger partial charge is 0.481 e. The van der Waals surface area contributed by atoms with Crippen molar-refractivity contribution in [2.75, 3.05) is 13.1 Å². The van der Waals surface area contributed by atoms with Gasteiger partial charge in [-0.2, -0.15) is 0 Å². The maximum atomic E-state index is 11.8. The van der Waals surface area contributed by atoms with Crippen molar-refractivity contribution in [1.82, 2.24) is 10.6 Å². The fraction of sp³-hybridized carbons (Fsp3) is 0.500. The number of amides is 2. The molecular formula is C16H22N2O3. The van der Waals surface area contributed by atoms with Gasteiger partial charge in [0, 0.05) is 13.1 Å². The summed E-state index contributed by atoms with van der Waals surface area (Å²) in [4.78, 5) is 23.0. The summed E-state index contributed by atoms with van der Waals surface area (Å²) in [6, 6.07) is 9.65. The van der Waals surface area contributed by atoms with Crippen molar-refractivity contribution in [3.8, 4) is 0 Å². The van der Waals surface area contributed by atoms with Gasteiger partial charge in [0.05, 0.1) is 5.41 Å². The molecule has 1 unspecified atom stereocenters. The van der Waals surface area contributed by atoms with Crippen LogP contribution in [0.2, 0.25) is 0 Å². The molecule has 114 valence electrons. The smallest absolute Gasteiger partial charge is 0.314 e. The zero-order chi connectivity index (χ0) is 15.3. The van der Waals surface area contributed by atoms with Crippen LogP contribution in [0, 0.1) is 5.41 Å². The lowest BCUT2D eigenvalue weighted by Gasteiger charge is -2.37. The zero-order valence-electron chi connectivity index (χ0n) is 12.3. The topological polar surface area (TPSA) is 78.4 Å². The Hall–Kier alpha value is -2.04. The lowest BCUT2D eigenvalue weighted by atomic mass is 9.69. The molecule has 2 rings (SSSR count). The molecule has 21 heavy (non-hydrogen) atoms. The molecule has 1 saturated carbocycles. The summed E-state index contributed by atoms with van der Waals surface area (Å²) in [6.45, 7) is 2.77. The molecule has 1 aliphatic rings. The first kappa shape index (κ1) is 15.4. The number of rotatable bonds is 6. The third-order valence-electron chi connectivity index (χ3n) is 4.29. The number of benzene rings is 1. The predicted molar refractivity (Wildman–Crippen MR) is 80.2 cm³/mol. The maximum absolute atomic E-state index is 11.8. The van der Waals surface area contributed by atoms with E-state index in [-0.39, 0.29) is 18.5 Å². The average molecular weight is 290 g/mol. The number of hydrogen-bond donors (Lipinski definition) is 3. The van der Waals surface area contributed by atoms with Gasteiger partial charge in [0.2, 0.25) is 0 Å². The molecule has 1 aromatic rings. The number of urea groups is 1. The van der Waals surface area contributed by atoms with Crippen LogP contribution >= 0.6 is 0 Å². The fourth-order valence-electron chi connectivity index (χ4n) is 2.53. The molecule has 0 saturated heterocycles. The molecule has 0 bridgehead atoms. The van der Waals surface area contributed by atoms with Crippen molar-refractivity contribution >= 4 is 12.0 Å². The van der Waals surface area contributed by atoms with E-state index in [9.17, 15) is 14.7 Å². The molecule has 0 radical (unpaired) electrons. The Labute approximate surface area is 124 Å². The van der Waals surface area contributed by atoms with Crippen LogP contribution in [0.5, 0.6) is 0 Å². The minimum Gasteiger partial charge on any atom is -0.481 e. The van der Waals surface area contributed by atoms with E-state index in [1.54, 1.807) is 0 Å². The Balaban J connectivity index is 1.74. The first-order valence-electron chi connectivity index (χ1n) is 7.33. The highest BCUT2D eigenvalue weighted by molar-refractivity contribution is 5.78. The minimum atomic E-state index is -0.813. The van der Waals surface area contributed by atoms with E-state index in [0.29, 0.717) is 19.4 Å². The first-order chi connectivity index (χ1) is 10.0. The number of carboxylic acid groups (broad SMARTS) is 1. The molecule has 0 aromatic heterocycles. The van der Waals surface area contributed by atoms with Crippen molar-refractivity contribution in [1.29, 1.82) is 0 Å². The first-order valence-corrected chi connectivity index (χ1v) is 7.33. The van der Waals surface area contributed by atoms with Crippen molar-refractivity contribution in [3.63, 3.8) is 0 Å². The van der Waals surface area contributed by atoms with Crippen molar-refractivity contribution < 1.29 is 14.7 Å². The van der Waals surface area contributed by atoms with Crippen LogP contribution in [0.1, 0.15) is 37.7 Å². The van der Waals surface area contributed by atoms with Gasteiger partial charge in [0.1, 0.15) is 0 Å². The third-order valence-corrected chi connectivity index (χ3v) is 4.29. The van der Waals surface area contributed by atoms with Crippen LogP contribution in [0.4, 0.5) is 4.79 Å². The van der Waals surface area contributed by atoms with E-state index in [0.717, 1.165) is 6.42 Å². The number of carbonyl (C=O) groups is 2. The fourth-order valence-corrected chi connectivity index (χ4v) is 2.53. The standard InChI is InChI=1S/C16H22N2O3/c1-12(13-6-3-2-4-7-13)10-17-15(21)18-11-16(14(19)20)8-5-9-16/h2-4,6-7,12H,5,8-11H2,1H3,(H,19,20)(H2,17,18,21). The Morgan fingerprint density at radius 3 is 2.43 bits per heavy atom. The molecular weight excluding hydrogens is 268 g/mol. The highest BCUT2D eigenvalue weighted by Crippen LogP contribution is 2.40. The molecule has 5 heteroatoms. The molecule has 3 N–H and O–H groups in total. The Bertz CT molecular complexity index is 498. The van der Waals surface area contributed by atoms with Gasteiger partial charge in [-0.3, -0.25) is 4.79 Å². The monoisotopic (exact) mass is 290 g/mol. The number of nitrogens with one attached hydrogen (secondary N) is 2. The number of carbonyl (C=O) groups excluding carboxylic acids is 1. The van der Waals surface area contributed by atoms with Gasteiger partial charge in [-0.1, -0.05) is 43.7 Å². The van der Waals surface area contributed by atoms with E-state index >= 15 is 0 Å². The van der Waals surface area contributed by atoms with E-state index in [1.165, 1.54) is 5.56 Å². The number of carboxylic acids is 1. The predicted octanol–water partition coefficient (Wildman–Crippen LogP) is 2.34. The second-order valence-electron chi connectivity index (χ2n) is 5.81. The summed E-state index contributed by atoms with van der Waals surface area (Å²) in [6.07, 6.45) is 2.20. The SMILES string of the molecule is CC(CNC(=O)NCC1(C(=O)O)CCC1)c1ccccc1. The lowest BCUT2D eigenvalue weighted by molar-refractivity contribution is -0.153. The van der Waals surface area contributed by atoms with Crippen molar-refractivity contribution in [2.45, 2.75) is 32.1 Å². The molecule has 1 aliphatic carbocycles. The molecule has 2 amide bonds. The second kappa shape index (κ2) is 6.61. The van der Waals surface area contributed by atoms with Crippen LogP contribution < -0.4 is 10.6 Å². The lowest BCUT2D eigenvalue weighted by Crippen LogP contribution is -2.50. The molecule has 0 aliphatic heterocycles. The third kappa shape index (κ3) is 3.74. The zero-order valence-corrected chi connectivity index (χ0v) is 12.3. The molecule has 1 atom stereocenters. The summed E-state index contributed by atoms with van der Waals surface area (Å²) >= 11 is 0. The van der Waals surface area contributed by atoms with Gasteiger partial charge in [0.15, 0.2) is 0 Å². The van der Waals surface area contributed by atoms with Gasteiger partial charge >= 0.3 is 12.0 Å². The number of hydrogen-bond acceptors (Lipinski definition) is 2.